The van der Waals surface area contributed by atoms with Gasteiger partial charge in [-0.2, -0.15) is 0 Å². The lowest BCUT2D eigenvalue weighted by atomic mass is 10.1. The summed E-state index contributed by atoms with van der Waals surface area (Å²) in [5, 5.41) is 0. The van der Waals surface area contributed by atoms with Crippen molar-refractivity contribution in [2.45, 2.75) is 140 Å². The van der Waals surface area contributed by atoms with Crippen molar-refractivity contribution in [3.8, 4) is 0 Å². The molecule has 0 amide bonds. The van der Waals surface area contributed by atoms with Gasteiger partial charge in [0.05, 0.1) is 0 Å². The van der Waals surface area contributed by atoms with E-state index in [0.29, 0.717) is 7.92 Å². The van der Waals surface area contributed by atoms with E-state index in [1.165, 1.54) is 116 Å². The highest BCUT2D eigenvalue weighted by atomic mass is 35.6. The van der Waals surface area contributed by atoms with Crippen molar-refractivity contribution in [2.75, 3.05) is 18.5 Å². The molecule has 0 aromatic heterocycles. The first-order chi connectivity index (χ1) is 14.3. The molecule has 0 aliphatic heterocycles. The van der Waals surface area contributed by atoms with Crippen molar-refractivity contribution in [3.63, 3.8) is 0 Å². The summed E-state index contributed by atoms with van der Waals surface area (Å²) in [6.07, 6.45) is 31.2. The van der Waals surface area contributed by atoms with Gasteiger partial charge in [0.2, 0.25) is 0 Å². The SMILES string of the molecule is CCCCCCCCP(CCCCCCCC)CCCCCCCC.ClC(Cl)(Cl)Cl. The maximum Gasteiger partial charge on any atom is 0.266 e. The minimum atomic E-state index is -1.61. The number of halogens is 4. The van der Waals surface area contributed by atoms with Gasteiger partial charge in [-0.3, -0.25) is 0 Å². The third kappa shape index (κ3) is 36.9. The summed E-state index contributed by atoms with van der Waals surface area (Å²) in [4.78, 5) is 0. The highest BCUT2D eigenvalue weighted by molar-refractivity contribution is 7.57. The topological polar surface area (TPSA) is 0 Å². The van der Waals surface area contributed by atoms with Gasteiger partial charge < -0.3 is 0 Å². The van der Waals surface area contributed by atoms with Gasteiger partial charge in [0.25, 0.3) is 3.25 Å². The summed E-state index contributed by atoms with van der Waals surface area (Å²) >= 11 is 19.3. The fourth-order valence-electron chi connectivity index (χ4n) is 3.68. The van der Waals surface area contributed by atoms with E-state index < -0.39 is 3.25 Å². The smallest absolute Gasteiger partial charge is 0.107 e. The Bertz CT molecular complexity index is 264. The van der Waals surface area contributed by atoms with Gasteiger partial charge >= 0.3 is 0 Å². The highest BCUT2D eigenvalue weighted by Gasteiger charge is 2.11. The molecule has 5 heteroatoms. The van der Waals surface area contributed by atoms with Crippen molar-refractivity contribution in [1.29, 1.82) is 0 Å². The van der Waals surface area contributed by atoms with Crippen molar-refractivity contribution in [1.82, 2.24) is 0 Å². The fraction of sp³-hybridized carbons (Fsp3) is 1.00. The summed E-state index contributed by atoms with van der Waals surface area (Å²) in [5.74, 6) is 0. The van der Waals surface area contributed by atoms with Crippen molar-refractivity contribution in [3.05, 3.63) is 0 Å². The molecule has 0 nitrogen and oxygen atoms in total. The minimum absolute atomic E-state index is 0.366. The van der Waals surface area contributed by atoms with Crippen LogP contribution in [0.25, 0.3) is 0 Å². The quantitative estimate of drug-likeness (QED) is 0.0796. The first kappa shape index (κ1) is 33.8. The van der Waals surface area contributed by atoms with E-state index in [1.54, 1.807) is 18.5 Å². The molecular formula is C25H51Cl4P. The second kappa shape index (κ2) is 26.8. The molecule has 0 N–H and O–H groups in total. The summed E-state index contributed by atoms with van der Waals surface area (Å²) in [7, 11) is 0.366. The van der Waals surface area contributed by atoms with Gasteiger partial charge in [-0.25, -0.2) is 0 Å². The molecule has 0 aromatic carbocycles. The highest BCUT2D eigenvalue weighted by Crippen LogP contribution is 2.39. The Labute approximate surface area is 211 Å². The van der Waals surface area contributed by atoms with Gasteiger partial charge in [-0.1, -0.05) is 163 Å². The molecule has 30 heavy (non-hydrogen) atoms. The molecule has 0 saturated heterocycles. The molecule has 0 unspecified atom stereocenters. The van der Waals surface area contributed by atoms with Gasteiger partial charge in [-0.15, -0.1) is 7.92 Å². The predicted molar refractivity (Wildman–Crippen MR) is 148 cm³/mol. The lowest BCUT2D eigenvalue weighted by Crippen LogP contribution is -1.97. The monoisotopic (exact) mass is 522 g/mol. The van der Waals surface area contributed by atoms with E-state index in [4.69, 9.17) is 46.4 Å². The van der Waals surface area contributed by atoms with Gasteiger partial charge in [0.1, 0.15) is 0 Å². The van der Waals surface area contributed by atoms with E-state index in [2.05, 4.69) is 20.8 Å². The molecule has 0 fully saturated rings. The van der Waals surface area contributed by atoms with E-state index in [-0.39, 0.29) is 0 Å². The van der Waals surface area contributed by atoms with Crippen LogP contribution in [-0.2, 0) is 0 Å². The number of rotatable bonds is 21. The largest absolute Gasteiger partial charge is 0.266 e. The van der Waals surface area contributed by atoms with Crippen LogP contribution in [-0.4, -0.2) is 21.7 Å². The van der Waals surface area contributed by atoms with E-state index in [9.17, 15) is 0 Å². The first-order valence-electron chi connectivity index (χ1n) is 12.8. The van der Waals surface area contributed by atoms with Crippen LogP contribution in [0.5, 0.6) is 0 Å². The third-order valence-electron chi connectivity index (χ3n) is 5.48. The van der Waals surface area contributed by atoms with Gasteiger partial charge in [0, 0.05) is 0 Å². The maximum absolute atomic E-state index is 4.83. The van der Waals surface area contributed by atoms with Crippen molar-refractivity contribution in [2.24, 2.45) is 0 Å². The molecule has 0 saturated carbocycles. The lowest BCUT2D eigenvalue weighted by molar-refractivity contribution is 0.617. The van der Waals surface area contributed by atoms with Crippen molar-refractivity contribution < 1.29 is 0 Å². The van der Waals surface area contributed by atoms with Crippen LogP contribution in [0.1, 0.15) is 136 Å². The Morgan fingerprint density at radius 2 is 0.600 bits per heavy atom. The fourth-order valence-corrected chi connectivity index (χ4v) is 6.37. The summed E-state index contributed by atoms with van der Waals surface area (Å²) in [6, 6.07) is 0. The maximum atomic E-state index is 4.83. The van der Waals surface area contributed by atoms with E-state index >= 15 is 0 Å². The summed E-state index contributed by atoms with van der Waals surface area (Å²) < 4.78 is -1.61. The number of alkyl halides is 4. The Morgan fingerprint density at radius 3 is 0.833 bits per heavy atom. The average molecular weight is 524 g/mol. The zero-order valence-corrected chi connectivity index (χ0v) is 24.2. The molecule has 0 aliphatic rings. The molecule has 0 atom stereocenters. The Hall–Kier alpha value is 1.59. The summed E-state index contributed by atoms with van der Waals surface area (Å²) in [5.41, 5.74) is 0. The summed E-state index contributed by atoms with van der Waals surface area (Å²) in [6.45, 7) is 6.96. The third-order valence-corrected chi connectivity index (χ3v) is 8.33. The molecule has 0 spiro atoms. The average Bonchev–Trinajstić information content (AvgIpc) is 2.68. The second-order valence-electron chi connectivity index (χ2n) is 8.57. The van der Waals surface area contributed by atoms with Crippen LogP contribution in [0, 0.1) is 0 Å². The van der Waals surface area contributed by atoms with Crippen LogP contribution in [0.15, 0.2) is 0 Å². The minimum Gasteiger partial charge on any atom is -0.107 e. The van der Waals surface area contributed by atoms with E-state index in [1.807, 2.05) is 0 Å². The molecule has 0 aliphatic carbocycles. The van der Waals surface area contributed by atoms with Crippen LogP contribution >= 0.6 is 54.3 Å². The molecule has 0 radical (unpaired) electrons. The predicted octanol–water partition coefficient (Wildman–Crippen LogP) is 12.1. The normalized spacial score (nSPS) is 11.6. The number of hydrogen-bond acceptors (Lipinski definition) is 0. The molecule has 0 bridgehead atoms. The lowest BCUT2D eigenvalue weighted by Gasteiger charge is -2.18. The molecule has 0 rings (SSSR count). The second-order valence-corrected chi connectivity index (χ2v) is 14.7. The molecule has 0 heterocycles. The zero-order chi connectivity index (χ0) is 22.9. The standard InChI is InChI=1S/C24H51P.CCl4/c1-4-7-10-13-16-19-22-25(23-20-17-14-11-8-5-2)24-21-18-15-12-9-6-3;2-1(3,4)5/h4-24H2,1-3H3;. The number of hydrogen-bond donors (Lipinski definition) is 0. The number of unbranched alkanes of at least 4 members (excludes halogenated alkanes) is 15. The Morgan fingerprint density at radius 1 is 0.400 bits per heavy atom. The van der Waals surface area contributed by atoms with Gasteiger partial charge in [0.15, 0.2) is 0 Å². The van der Waals surface area contributed by atoms with Crippen LogP contribution in [0.4, 0.5) is 0 Å². The Balaban J connectivity index is 0. The zero-order valence-electron chi connectivity index (χ0n) is 20.3. The molecule has 184 valence electrons. The van der Waals surface area contributed by atoms with Gasteiger partial charge in [-0.05, 0) is 37.7 Å². The van der Waals surface area contributed by atoms with Crippen LogP contribution in [0.3, 0.4) is 0 Å². The van der Waals surface area contributed by atoms with Crippen molar-refractivity contribution >= 4 is 54.3 Å². The van der Waals surface area contributed by atoms with E-state index in [0.717, 1.165) is 0 Å². The van der Waals surface area contributed by atoms with Crippen LogP contribution < -0.4 is 0 Å². The van der Waals surface area contributed by atoms with Crippen LogP contribution in [0.2, 0.25) is 0 Å². The molecular weight excluding hydrogens is 473 g/mol. The Kier molecular flexibility index (Phi) is 30.2. The first-order valence-corrected chi connectivity index (χ1v) is 16.2. The molecule has 0 aromatic rings.